The molecule has 1 aliphatic heterocycles. The van der Waals surface area contributed by atoms with Crippen LogP contribution in [0.5, 0.6) is 0 Å². The van der Waals surface area contributed by atoms with E-state index >= 15 is 0 Å². The zero-order valence-electron chi connectivity index (χ0n) is 23.2. The largest absolute Gasteiger partial charge is 0.480 e. The number of aryl methyl sites for hydroxylation is 4. The topological polar surface area (TPSA) is 150 Å². The van der Waals surface area contributed by atoms with Crippen molar-refractivity contribution in [1.29, 1.82) is 0 Å². The van der Waals surface area contributed by atoms with E-state index in [2.05, 4.69) is 65.7 Å². The van der Waals surface area contributed by atoms with E-state index in [-0.39, 0.29) is 0 Å². The van der Waals surface area contributed by atoms with Gasteiger partial charge in [0.2, 0.25) is 0 Å². The number of fused-ring (bicyclic) bond motifs is 2. The number of aromatic nitrogens is 7. The van der Waals surface area contributed by atoms with Gasteiger partial charge in [-0.15, -0.1) is 0 Å². The normalized spacial score (nSPS) is 13.8. The molecule has 1 aliphatic rings. The molecule has 0 aliphatic carbocycles. The van der Waals surface area contributed by atoms with E-state index in [9.17, 15) is 9.90 Å². The van der Waals surface area contributed by atoms with E-state index in [1.165, 1.54) is 18.2 Å². The highest BCUT2D eigenvalue weighted by molar-refractivity contribution is 5.85. The molecule has 5 heterocycles. The number of nitrogens with zero attached hydrogens (tertiary/aromatic N) is 7. The van der Waals surface area contributed by atoms with Gasteiger partial charge in [0.1, 0.15) is 23.7 Å². The molecule has 4 N–H and O–H groups in total. The molecule has 0 fully saturated rings. The number of H-pyrrole nitrogens is 1. The lowest BCUT2D eigenvalue weighted by molar-refractivity contribution is -0.138. The summed E-state index contributed by atoms with van der Waals surface area (Å²) in [5.41, 5.74) is 5.65. The number of aliphatic carboxylic acids is 1. The first-order valence-corrected chi connectivity index (χ1v) is 14.1. The summed E-state index contributed by atoms with van der Waals surface area (Å²) in [7, 11) is 0. The fraction of sp³-hybridized carbons (Fsp3) is 0.500. The molecule has 0 bridgehead atoms. The maximum atomic E-state index is 12.2. The first-order chi connectivity index (χ1) is 19.5. The molecule has 0 spiro atoms. The highest BCUT2D eigenvalue weighted by atomic mass is 16.4. The van der Waals surface area contributed by atoms with Crippen molar-refractivity contribution in [2.24, 2.45) is 0 Å². The number of anilines is 2. The molecule has 12 heteroatoms. The highest BCUT2D eigenvalue weighted by Crippen LogP contribution is 2.21. The van der Waals surface area contributed by atoms with Crippen LogP contribution in [0.15, 0.2) is 30.9 Å². The Hall–Kier alpha value is -4.06. The zero-order valence-corrected chi connectivity index (χ0v) is 23.2. The summed E-state index contributed by atoms with van der Waals surface area (Å²) >= 11 is 0. The quantitative estimate of drug-likeness (QED) is 0.174. The van der Waals surface area contributed by atoms with Crippen LogP contribution in [0, 0.1) is 13.8 Å². The monoisotopic (exact) mass is 546 g/mol. The average molecular weight is 547 g/mol. The SMILES string of the molecule is Cc1cc(C)n(CCN(CCCCc2ccc3c(n2)NCCC3)CCC(Nc2ncnc3nc[nH]c23)C(=O)O)n1. The van der Waals surface area contributed by atoms with Gasteiger partial charge in [-0.25, -0.2) is 24.7 Å². The van der Waals surface area contributed by atoms with E-state index in [0.29, 0.717) is 29.9 Å². The third-order valence-electron chi connectivity index (χ3n) is 7.41. The van der Waals surface area contributed by atoms with E-state index in [1.807, 2.05) is 11.6 Å². The number of unbranched alkanes of at least 4 members (excludes halogenated alkanes) is 1. The number of imidazole rings is 1. The molecule has 212 valence electrons. The standard InChI is InChI=1S/C28H38N10O2/c1-19-16-20(2)38(36-19)15-14-37(12-4-3-7-22-9-8-21-6-5-11-29-25(21)34-22)13-10-23(28(39)40)35-27-24-26(31-17-30-24)32-18-33-27/h8-9,16-18,23H,3-7,10-15H2,1-2H3,(H,29,34)(H,39,40)(H2,30,31,32,33,35). The number of hydrogen-bond acceptors (Lipinski definition) is 9. The van der Waals surface area contributed by atoms with E-state index in [0.717, 1.165) is 81.2 Å². The van der Waals surface area contributed by atoms with Gasteiger partial charge in [-0.2, -0.15) is 5.10 Å². The van der Waals surface area contributed by atoms with Crippen LogP contribution in [-0.4, -0.2) is 82.9 Å². The fourth-order valence-electron chi connectivity index (χ4n) is 5.23. The Morgan fingerprint density at radius 3 is 2.90 bits per heavy atom. The van der Waals surface area contributed by atoms with Crippen LogP contribution in [-0.2, 0) is 24.2 Å². The minimum atomic E-state index is -0.920. The second kappa shape index (κ2) is 12.9. The Kier molecular flexibility index (Phi) is 8.84. The number of hydrogen-bond donors (Lipinski definition) is 4. The van der Waals surface area contributed by atoms with Crippen molar-refractivity contribution in [1.82, 2.24) is 39.6 Å². The number of rotatable bonds is 14. The van der Waals surface area contributed by atoms with Crippen molar-refractivity contribution in [2.75, 3.05) is 36.8 Å². The van der Waals surface area contributed by atoms with Gasteiger partial charge in [0, 0.05) is 31.0 Å². The van der Waals surface area contributed by atoms with E-state index < -0.39 is 12.0 Å². The molecule has 0 saturated heterocycles. The summed E-state index contributed by atoms with van der Waals surface area (Å²) in [6, 6.07) is 5.63. The highest BCUT2D eigenvalue weighted by Gasteiger charge is 2.21. The second-order valence-corrected chi connectivity index (χ2v) is 10.4. The van der Waals surface area contributed by atoms with Crippen LogP contribution in [0.4, 0.5) is 11.6 Å². The van der Waals surface area contributed by atoms with Gasteiger partial charge in [-0.05, 0) is 76.6 Å². The number of nitrogens with one attached hydrogen (secondary N) is 3. The van der Waals surface area contributed by atoms with Crippen LogP contribution < -0.4 is 10.6 Å². The maximum Gasteiger partial charge on any atom is 0.326 e. The number of carboxylic acids is 1. The van der Waals surface area contributed by atoms with Crippen molar-refractivity contribution < 1.29 is 9.90 Å². The molecule has 4 aromatic heterocycles. The molecule has 0 amide bonds. The molecule has 0 aromatic carbocycles. The van der Waals surface area contributed by atoms with Crippen molar-refractivity contribution in [3.63, 3.8) is 0 Å². The van der Waals surface area contributed by atoms with Crippen LogP contribution in [0.3, 0.4) is 0 Å². The van der Waals surface area contributed by atoms with Crippen molar-refractivity contribution >= 4 is 28.8 Å². The molecule has 12 nitrogen and oxygen atoms in total. The minimum absolute atomic E-state index is 0.421. The second-order valence-electron chi connectivity index (χ2n) is 10.4. The van der Waals surface area contributed by atoms with Crippen LogP contribution in [0.2, 0.25) is 0 Å². The number of pyridine rings is 1. The van der Waals surface area contributed by atoms with Gasteiger partial charge in [0.15, 0.2) is 11.5 Å². The summed E-state index contributed by atoms with van der Waals surface area (Å²) in [5.74, 6) is 0.562. The smallest absolute Gasteiger partial charge is 0.326 e. The molecule has 4 aromatic rings. The molecule has 1 unspecified atom stereocenters. The first kappa shape index (κ1) is 27.5. The summed E-state index contributed by atoms with van der Waals surface area (Å²) in [5, 5.41) is 21.1. The molecular weight excluding hydrogens is 508 g/mol. The Morgan fingerprint density at radius 1 is 1.18 bits per heavy atom. The van der Waals surface area contributed by atoms with Gasteiger partial charge in [-0.3, -0.25) is 4.68 Å². The van der Waals surface area contributed by atoms with Crippen LogP contribution in [0.25, 0.3) is 11.2 Å². The molecule has 0 radical (unpaired) electrons. The Morgan fingerprint density at radius 2 is 2.08 bits per heavy atom. The number of aromatic amines is 1. The minimum Gasteiger partial charge on any atom is -0.480 e. The molecule has 5 rings (SSSR count). The van der Waals surface area contributed by atoms with Crippen LogP contribution in [0.1, 0.15) is 48.3 Å². The van der Waals surface area contributed by atoms with E-state index in [4.69, 9.17) is 4.98 Å². The Labute approximate surface area is 233 Å². The van der Waals surface area contributed by atoms with Gasteiger partial charge < -0.3 is 25.6 Å². The summed E-state index contributed by atoms with van der Waals surface area (Å²) < 4.78 is 2.02. The molecular formula is C28H38N10O2. The summed E-state index contributed by atoms with van der Waals surface area (Å²) in [6.07, 6.45) is 8.52. The van der Waals surface area contributed by atoms with Crippen molar-refractivity contribution in [2.45, 2.75) is 65.0 Å². The van der Waals surface area contributed by atoms with Gasteiger partial charge in [0.05, 0.1) is 18.6 Å². The third-order valence-corrected chi connectivity index (χ3v) is 7.41. The Bertz CT molecular complexity index is 1430. The van der Waals surface area contributed by atoms with Crippen LogP contribution >= 0.6 is 0 Å². The first-order valence-electron chi connectivity index (χ1n) is 14.1. The van der Waals surface area contributed by atoms with E-state index in [1.54, 1.807) is 0 Å². The summed E-state index contributed by atoms with van der Waals surface area (Å²) in [6.45, 7) is 8.08. The maximum absolute atomic E-state index is 12.2. The number of carbonyl (C=O) groups is 1. The summed E-state index contributed by atoms with van der Waals surface area (Å²) in [4.78, 5) is 34.8. The lowest BCUT2D eigenvalue weighted by Crippen LogP contribution is -2.37. The Balaban J connectivity index is 1.19. The van der Waals surface area contributed by atoms with Gasteiger partial charge >= 0.3 is 5.97 Å². The fourth-order valence-corrected chi connectivity index (χ4v) is 5.23. The third kappa shape index (κ3) is 6.92. The van der Waals surface area contributed by atoms with Gasteiger partial charge in [0.25, 0.3) is 0 Å². The molecule has 40 heavy (non-hydrogen) atoms. The number of carboxylic acid groups (broad SMARTS) is 1. The molecule has 0 saturated carbocycles. The lowest BCUT2D eigenvalue weighted by Gasteiger charge is -2.25. The lowest BCUT2D eigenvalue weighted by atomic mass is 10.1. The average Bonchev–Trinajstić information content (AvgIpc) is 3.56. The molecule has 1 atom stereocenters. The van der Waals surface area contributed by atoms with Gasteiger partial charge in [-0.1, -0.05) is 6.07 Å². The zero-order chi connectivity index (χ0) is 27.9. The predicted molar refractivity (Wildman–Crippen MR) is 153 cm³/mol. The van der Waals surface area contributed by atoms with Crippen molar-refractivity contribution in [3.05, 3.63) is 53.5 Å². The van der Waals surface area contributed by atoms with Crippen molar-refractivity contribution in [3.8, 4) is 0 Å². The predicted octanol–water partition coefficient (Wildman–Crippen LogP) is 3.20.